The maximum Gasteiger partial charge on any atom is 0.270 e. The smallest absolute Gasteiger partial charge is 0.270 e. The lowest BCUT2D eigenvalue weighted by molar-refractivity contribution is 0.0940. The number of hydrogen-bond donors (Lipinski definition) is 1. The van der Waals surface area contributed by atoms with Crippen LogP contribution in [0.25, 0.3) is 11.4 Å². The van der Waals surface area contributed by atoms with Crippen molar-refractivity contribution in [3.05, 3.63) is 35.8 Å². The van der Waals surface area contributed by atoms with Crippen LogP contribution in [0.15, 0.2) is 24.5 Å². The van der Waals surface area contributed by atoms with Crippen LogP contribution >= 0.6 is 0 Å². The number of pyridine rings is 1. The van der Waals surface area contributed by atoms with E-state index in [4.69, 9.17) is 4.98 Å². The van der Waals surface area contributed by atoms with Crippen LogP contribution in [0.5, 0.6) is 0 Å². The summed E-state index contributed by atoms with van der Waals surface area (Å²) in [6, 6.07) is 4.40. The first kappa shape index (κ1) is 13.9. The van der Waals surface area contributed by atoms with Crippen molar-refractivity contribution in [3.63, 3.8) is 0 Å². The zero-order chi connectivity index (χ0) is 16.1. The molecule has 1 aliphatic carbocycles. The molecule has 2 aromatic heterocycles. The van der Waals surface area contributed by atoms with E-state index in [2.05, 4.69) is 20.2 Å². The Hall–Kier alpha value is -2.50. The number of carbonyl (C=O) groups is 1. The SMILES string of the molecule is O=C1NCCc2c1nc(-c1cccnc1)nc2N1C[C@@H]2CCC[C@@H]21. The second kappa shape index (κ2) is 5.26. The van der Waals surface area contributed by atoms with E-state index in [1.807, 2.05) is 12.1 Å². The van der Waals surface area contributed by atoms with Crippen LogP contribution < -0.4 is 10.2 Å². The van der Waals surface area contributed by atoms with E-state index in [0.29, 0.717) is 24.1 Å². The molecule has 4 heterocycles. The van der Waals surface area contributed by atoms with E-state index in [1.54, 1.807) is 12.4 Å². The molecule has 0 bridgehead atoms. The van der Waals surface area contributed by atoms with Gasteiger partial charge in [0, 0.05) is 42.7 Å². The summed E-state index contributed by atoms with van der Waals surface area (Å²) in [7, 11) is 0. The number of anilines is 1. The van der Waals surface area contributed by atoms with Gasteiger partial charge in [-0.05, 0) is 37.3 Å². The van der Waals surface area contributed by atoms with Gasteiger partial charge in [-0.25, -0.2) is 9.97 Å². The predicted octanol–water partition coefficient (Wildman–Crippen LogP) is 1.81. The van der Waals surface area contributed by atoms with E-state index in [1.165, 1.54) is 19.3 Å². The van der Waals surface area contributed by atoms with Crippen LogP contribution in [0.2, 0.25) is 0 Å². The highest BCUT2D eigenvalue weighted by atomic mass is 16.1. The van der Waals surface area contributed by atoms with Gasteiger partial charge in [0.2, 0.25) is 0 Å². The third-order valence-electron chi connectivity index (χ3n) is 5.50. The van der Waals surface area contributed by atoms with Gasteiger partial charge in [0.15, 0.2) is 5.82 Å². The maximum atomic E-state index is 12.3. The fraction of sp³-hybridized carbons (Fsp3) is 0.444. The predicted molar refractivity (Wildman–Crippen MR) is 89.8 cm³/mol. The molecule has 1 N–H and O–H groups in total. The van der Waals surface area contributed by atoms with Gasteiger partial charge >= 0.3 is 0 Å². The number of nitrogens with one attached hydrogen (secondary N) is 1. The Labute approximate surface area is 140 Å². The lowest BCUT2D eigenvalue weighted by atomic mass is 9.90. The van der Waals surface area contributed by atoms with E-state index in [-0.39, 0.29) is 5.91 Å². The highest BCUT2D eigenvalue weighted by Crippen LogP contribution is 2.43. The van der Waals surface area contributed by atoms with Crippen molar-refractivity contribution in [1.82, 2.24) is 20.3 Å². The molecular formula is C18H19N5O. The Kier molecular flexibility index (Phi) is 3.04. The van der Waals surface area contributed by atoms with Crippen molar-refractivity contribution in [2.24, 2.45) is 5.92 Å². The molecule has 1 saturated heterocycles. The molecule has 3 aliphatic rings. The Morgan fingerprint density at radius 3 is 3.04 bits per heavy atom. The van der Waals surface area contributed by atoms with Crippen LogP contribution in [-0.4, -0.2) is 40.0 Å². The molecule has 2 fully saturated rings. The summed E-state index contributed by atoms with van der Waals surface area (Å²) in [6.45, 7) is 1.72. The van der Waals surface area contributed by atoms with Gasteiger partial charge in [-0.1, -0.05) is 6.42 Å². The Morgan fingerprint density at radius 1 is 1.25 bits per heavy atom. The topological polar surface area (TPSA) is 71.0 Å². The van der Waals surface area contributed by atoms with E-state index >= 15 is 0 Å². The van der Waals surface area contributed by atoms with Crippen molar-refractivity contribution >= 4 is 11.7 Å². The average Bonchev–Trinajstić information content (AvgIpc) is 2.97. The molecule has 1 amide bonds. The molecule has 0 radical (unpaired) electrons. The van der Waals surface area contributed by atoms with Gasteiger partial charge in [-0.15, -0.1) is 0 Å². The highest BCUT2D eigenvalue weighted by molar-refractivity contribution is 5.96. The minimum absolute atomic E-state index is 0.0893. The average molecular weight is 321 g/mol. The molecule has 2 aliphatic heterocycles. The first-order chi connectivity index (χ1) is 11.8. The number of fused-ring (bicyclic) bond motifs is 2. The number of nitrogens with zero attached hydrogens (tertiary/aromatic N) is 4. The minimum Gasteiger partial charge on any atom is -0.353 e. The summed E-state index contributed by atoms with van der Waals surface area (Å²) >= 11 is 0. The molecular weight excluding hydrogens is 302 g/mol. The standard InChI is InChI=1S/C18H19N5O/c24-18-15-13(6-8-20-18)17(23-10-12-3-1-5-14(12)23)22-16(21-15)11-4-2-7-19-9-11/h2,4,7,9,12,14H,1,3,5-6,8,10H2,(H,20,24)/t12-,14-/m0/s1. The van der Waals surface area contributed by atoms with Crippen LogP contribution in [0.4, 0.5) is 5.82 Å². The number of aromatic nitrogens is 3. The Bertz CT molecular complexity index is 807. The summed E-state index contributed by atoms with van der Waals surface area (Å²) in [5.41, 5.74) is 2.40. The molecule has 6 heteroatoms. The highest BCUT2D eigenvalue weighted by Gasteiger charge is 2.44. The fourth-order valence-electron chi connectivity index (χ4n) is 4.27. The summed E-state index contributed by atoms with van der Waals surface area (Å²) in [4.78, 5) is 28.3. The summed E-state index contributed by atoms with van der Waals surface area (Å²) in [5, 5.41) is 2.90. The lowest BCUT2D eigenvalue weighted by Crippen LogP contribution is -2.54. The van der Waals surface area contributed by atoms with Crippen molar-refractivity contribution < 1.29 is 4.79 Å². The molecule has 5 rings (SSSR count). The first-order valence-electron chi connectivity index (χ1n) is 8.67. The summed E-state index contributed by atoms with van der Waals surface area (Å²) in [5.74, 6) is 2.27. The van der Waals surface area contributed by atoms with Gasteiger partial charge in [0.25, 0.3) is 5.91 Å². The Balaban J connectivity index is 1.64. The maximum absolute atomic E-state index is 12.3. The van der Waals surface area contributed by atoms with Gasteiger partial charge in [0.1, 0.15) is 11.5 Å². The molecule has 24 heavy (non-hydrogen) atoms. The third-order valence-corrected chi connectivity index (χ3v) is 5.50. The number of rotatable bonds is 2. The number of carbonyl (C=O) groups excluding carboxylic acids is 1. The molecule has 0 spiro atoms. The molecule has 0 aromatic carbocycles. The van der Waals surface area contributed by atoms with Crippen LogP contribution in [0, 0.1) is 5.92 Å². The van der Waals surface area contributed by atoms with Crippen molar-refractivity contribution in [1.29, 1.82) is 0 Å². The quantitative estimate of drug-likeness (QED) is 0.913. The van der Waals surface area contributed by atoms with E-state index in [0.717, 1.165) is 35.8 Å². The summed E-state index contributed by atoms with van der Waals surface area (Å²) in [6.07, 6.45) is 8.14. The molecule has 1 saturated carbocycles. The lowest BCUT2D eigenvalue weighted by Gasteiger charge is -2.46. The first-order valence-corrected chi connectivity index (χ1v) is 8.67. The third kappa shape index (κ3) is 2.02. The van der Waals surface area contributed by atoms with Crippen LogP contribution in [-0.2, 0) is 6.42 Å². The van der Waals surface area contributed by atoms with Gasteiger partial charge in [-0.2, -0.15) is 0 Å². The zero-order valence-electron chi connectivity index (χ0n) is 13.4. The molecule has 0 unspecified atom stereocenters. The molecule has 2 atom stereocenters. The van der Waals surface area contributed by atoms with Gasteiger partial charge in [0.05, 0.1) is 0 Å². The molecule has 2 aromatic rings. The van der Waals surface area contributed by atoms with Gasteiger partial charge in [-0.3, -0.25) is 9.78 Å². The number of hydrogen-bond acceptors (Lipinski definition) is 5. The van der Waals surface area contributed by atoms with E-state index in [9.17, 15) is 4.79 Å². The fourth-order valence-corrected chi connectivity index (χ4v) is 4.27. The molecule has 6 nitrogen and oxygen atoms in total. The largest absolute Gasteiger partial charge is 0.353 e. The number of amides is 1. The van der Waals surface area contributed by atoms with Crippen LogP contribution in [0.3, 0.4) is 0 Å². The monoisotopic (exact) mass is 321 g/mol. The minimum atomic E-state index is -0.0893. The summed E-state index contributed by atoms with van der Waals surface area (Å²) < 4.78 is 0. The zero-order valence-corrected chi connectivity index (χ0v) is 13.4. The van der Waals surface area contributed by atoms with Crippen molar-refractivity contribution in [3.8, 4) is 11.4 Å². The second-order valence-corrected chi connectivity index (χ2v) is 6.86. The normalized spacial score (nSPS) is 24.8. The molecule has 122 valence electrons. The van der Waals surface area contributed by atoms with Gasteiger partial charge < -0.3 is 10.2 Å². The Morgan fingerprint density at radius 2 is 2.21 bits per heavy atom. The van der Waals surface area contributed by atoms with Crippen molar-refractivity contribution in [2.75, 3.05) is 18.0 Å². The van der Waals surface area contributed by atoms with Crippen LogP contribution in [0.1, 0.15) is 35.3 Å². The van der Waals surface area contributed by atoms with E-state index < -0.39 is 0 Å². The van der Waals surface area contributed by atoms with Crippen molar-refractivity contribution in [2.45, 2.75) is 31.7 Å². The second-order valence-electron chi connectivity index (χ2n) is 6.86.